The average molecular weight is 451 g/mol. The molecule has 0 spiro atoms. The highest BCUT2D eigenvalue weighted by Gasteiger charge is 2.26. The van der Waals surface area contributed by atoms with Crippen molar-refractivity contribution in [3.05, 3.63) is 92.2 Å². The summed E-state index contributed by atoms with van der Waals surface area (Å²) in [4.78, 5) is 38.4. The smallest absolute Gasteiger partial charge is 0.313 e. The van der Waals surface area contributed by atoms with Gasteiger partial charge in [-0.1, -0.05) is 30.3 Å². The Morgan fingerprint density at radius 1 is 1.03 bits per heavy atom. The zero-order chi connectivity index (χ0) is 22.5. The number of amides is 2. The molecule has 0 bridgehead atoms. The van der Waals surface area contributed by atoms with E-state index in [9.17, 15) is 19.7 Å². The molecule has 1 aromatic heterocycles. The van der Waals surface area contributed by atoms with E-state index < -0.39 is 16.7 Å². The Kier molecular flexibility index (Phi) is 6.58. The molecule has 0 saturated heterocycles. The fourth-order valence-corrected chi connectivity index (χ4v) is 4.66. The Morgan fingerprint density at radius 2 is 1.78 bits per heavy atom. The molecule has 0 aliphatic carbocycles. The van der Waals surface area contributed by atoms with Gasteiger partial charge in [-0.25, -0.2) is 0 Å². The molecule has 9 heteroatoms. The number of anilines is 1. The van der Waals surface area contributed by atoms with E-state index >= 15 is 0 Å². The van der Waals surface area contributed by atoms with Gasteiger partial charge in [0.15, 0.2) is 0 Å². The first kappa shape index (κ1) is 21.7. The minimum Gasteiger partial charge on any atom is -0.346 e. The predicted octanol–water partition coefficient (Wildman–Crippen LogP) is 3.51. The molecule has 2 N–H and O–H groups in total. The van der Waals surface area contributed by atoms with Crippen molar-refractivity contribution in [2.75, 3.05) is 18.4 Å². The third-order valence-electron chi connectivity index (χ3n) is 5.47. The maximum Gasteiger partial charge on any atom is 0.313 e. The first-order chi connectivity index (χ1) is 15.5. The lowest BCUT2D eigenvalue weighted by atomic mass is 9.98. The number of fused-ring (bicyclic) bond motifs is 1. The lowest BCUT2D eigenvalue weighted by Crippen LogP contribution is -2.43. The summed E-state index contributed by atoms with van der Waals surface area (Å²) < 4.78 is 0. The fraction of sp³-hybridized carbons (Fsp3) is 0.217. The van der Waals surface area contributed by atoms with Gasteiger partial charge in [0.2, 0.25) is 0 Å². The van der Waals surface area contributed by atoms with Gasteiger partial charge < -0.3 is 10.6 Å². The van der Waals surface area contributed by atoms with Crippen LogP contribution in [0.25, 0.3) is 0 Å². The minimum absolute atomic E-state index is 0.0421. The van der Waals surface area contributed by atoms with Crippen LogP contribution in [0.4, 0.5) is 11.4 Å². The van der Waals surface area contributed by atoms with Gasteiger partial charge in [-0.05, 0) is 41.1 Å². The van der Waals surface area contributed by atoms with Gasteiger partial charge in [0.25, 0.3) is 5.69 Å². The van der Waals surface area contributed by atoms with Crippen molar-refractivity contribution in [3.63, 3.8) is 0 Å². The molecule has 0 saturated carbocycles. The summed E-state index contributed by atoms with van der Waals surface area (Å²) in [5.41, 5.74) is 2.86. The van der Waals surface area contributed by atoms with Crippen LogP contribution >= 0.6 is 11.3 Å². The Morgan fingerprint density at radius 3 is 2.47 bits per heavy atom. The first-order valence-corrected chi connectivity index (χ1v) is 11.1. The van der Waals surface area contributed by atoms with Crippen molar-refractivity contribution >= 4 is 34.5 Å². The Bertz CT molecular complexity index is 1120. The highest BCUT2D eigenvalue weighted by atomic mass is 32.1. The van der Waals surface area contributed by atoms with Crippen molar-refractivity contribution in [3.8, 4) is 0 Å². The lowest BCUT2D eigenvalue weighted by Gasteiger charge is -2.35. The first-order valence-electron chi connectivity index (χ1n) is 10.2. The molecular formula is C23H22N4O4S. The number of nitrogens with one attached hydrogen (secondary N) is 2. The van der Waals surface area contributed by atoms with Gasteiger partial charge in [-0.15, -0.1) is 11.3 Å². The molecule has 164 valence electrons. The number of hydrogen-bond acceptors (Lipinski definition) is 6. The van der Waals surface area contributed by atoms with Gasteiger partial charge in [-0.2, -0.15) is 0 Å². The minimum atomic E-state index is -0.812. The molecule has 4 rings (SSSR count). The lowest BCUT2D eigenvalue weighted by molar-refractivity contribution is -0.384. The van der Waals surface area contributed by atoms with Crippen molar-refractivity contribution < 1.29 is 14.5 Å². The maximum atomic E-state index is 12.4. The highest BCUT2D eigenvalue weighted by Crippen LogP contribution is 2.30. The molecule has 2 heterocycles. The summed E-state index contributed by atoms with van der Waals surface area (Å²) in [6.07, 6.45) is 0.937. The molecule has 8 nitrogen and oxygen atoms in total. The van der Waals surface area contributed by atoms with E-state index in [1.807, 2.05) is 23.6 Å². The summed E-state index contributed by atoms with van der Waals surface area (Å²) >= 11 is 1.62. The third kappa shape index (κ3) is 5.01. The zero-order valence-electron chi connectivity index (χ0n) is 17.2. The van der Waals surface area contributed by atoms with E-state index in [4.69, 9.17) is 0 Å². The van der Waals surface area contributed by atoms with Crippen LogP contribution in [-0.2, 0) is 22.6 Å². The van der Waals surface area contributed by atoms with Crippen LogP contribution in [0.5, 0.6) is 0 Å². The molecule has 0 radical (unpaired) electrons. The monoisotopic (exact) mass is 450 g/mol. The van der Waals surface area contributed by atoms with Gasteiger partial charge in [-0.3, -0.25) is 24.6 Å². The van der Waals surface area contributed by atoms with E-state index in [2.05, 4.69) is 33.7 Å². The number of nitro groups is 1. The number of nitro benzene ring substituents is 1. The predicted molar refractivity (Wildman–Crippen MR) is 122 cm³/mol. The van der Waals surface area contributed by atoms with E-state index in [0.717, 1.165) is 24.4 Å². The zero-order valence-corrected chi connectivity index (χ0v) is 18.0. The number of non-ortho nitro benzene ring substituents is 1. The molecule has 1 aliphatic heterocycles. The maximum absolute atomic E-state index is 12.4. The van der Waals surface area contributed by atoms with Crippen LogP contribution < -0.4 is 10.6 Å². The van der Waals surface area contributed by atoms with Crippen LogP contribution in [-0.4, -0.2) is 34.7 Å². The van der Waals surface area contributed by atoms with Crippen LogP contribution in [0, 0.1) is 10.1 Å². The number of hydrogen-bond donors (Lipinski definition) is 2. The fourth-order valence-electron chi connectivity index (χ4n) is 3.80. The quantitative estimate of drug-likeness (QED) is 0.340. The number of nitrogens with zero attached hydrogens (tertiary/aromatic N) is 2. The molecule has 0 unspecified atom stereocenters. The largest absolute Gasteiger partial charge is 0.346 e. The summed E-state index contributed by atoms with van der Waals surface area (Å²) in [6.45, 7) is 1.95. The normalized spacial score (nSPS) is 14.2. The molecular weight excluding hydrogens is 428 g/mol. The van der Waals surface area contributed by atoms with Crippen LogP contribution in [0.3, 0.4) is 0 Å². The molecule has 0 fully saturated rings. The second kappa shape index (κ2) is 9.71. The molecule has 1 atom stereocenters. The second-order valence-corrected chi connectivity index (χ2v) is 8.47. The van der Waals surface area contributed by atoms with E-state index in [1.165, 1.54) is 35.4 Å². The van der Waals surface area contributed by atoms with E-state index in [-0.39, 0.29) is 11.7 Å². The van der Waals surface area contributed by atoms with E-state index in [1.54, 1.807) is 11.3 Å². The Labute approximate surface area is 189 Å². The van der Waals surface area contributed by atoms with Crippen LogP contribution in [0.15, 0.2) is 66.0 Å². The van der Waals surface area contributed by atoms with Crippen molar-refractivity contribution in [1.29, 1.82) is 0 Å². The Hall–Kier alpha value is -3.56. The van der Waals surface area contributed by atoms with E-state index in [0.29, 0.717) is 12.2 Å². The van der Waals surface area contributed by atoms with Crippen molar-refractivity contribution in [2.24, 2.45) is 0 Å². The van der Waals surface area contributed by atoms with Crippen LogP contribution in [0.2, 0.25) is 0 Å². The summed E-state index contributed by atoms with van der Waals surface area (Å²) in [5.74, 6) is -1.56. The Balaban J connectivity index is 1.39. The van der Waals surface area contributed by atoms with Gasteiger partial charge in [0, 0.05) is 42.3 Å². The number of thiophene rings is 1. The number of carbonyl (C=O) groups excluding carboxylic acids is 2. The molecule has 1 aliphatic rings. The van der Waals surface area contributed by atoms with Crippen LogP contribution in [0.1, 0.15) is 22.0 Å². The molecule has 32 heavy (non-hydrogen) atoms. The van der Waals surface area contributed by atoms with Crippen molar-refractivity contribution in [1.82, 2.24) is 10.2 Å². The molecule has 2 amide bonds. The van der Waals surface area contributed by atoms with Crippen molar-refractivity contribution in [2.45, 2.75) is 19.0 Å². The average Bonchev–Trinajstić information content (AvgIpc) is 3.34. The number of carbonyl (C=O) groups is 2. The highest BCUT2D eigenvalue weighted by molar-refractivity contribution is 7.10. The second-order valence-electron chi connectivity index (χ2n) is 7.49. The topological polar surface area (TPSA) is 105 Å². The number of benzene rings is 2. The SMILES string of the molecule is O=C(NC[C@H](c1cccs1)N1CCc2ccccc2C1)C(=O)Nc1ccc([N+](=O)[O-])cc1. The van der Waals surface area contributed by atoms with Gasteiger partial charge in [0.05, 0.1) is 11.0 Å². The van der Waals surface area contributed by atoms with Gasteiger partial charge >= 0.3 is 11.8 Å². The standard InChI is InChI=1S/C23H22N4O4S/c28-22(23(29)25-18-7-9-19(10-8-18)27(30)31)24-14-20(21-6-3-13-32-21)26-12-11-16-4-1-2-5-17(16)15-26/h1-10,13,20H,11-12,14-15H2,(H,24,28)(H,25,29)/t20-/m1/s1. The van der Waals surface area contributed by atoms with Gasteiger partial charge in [0.1, 0.15) is 0 Å². The molecule has 2 aromatic carbocycles. The number of rotatable bonds is 6. The summed E-state index contributed by atoms with van der Waals surface area (Å²) in [5, 5.41) is 18.0. The molecule has 3 aromatic rings. The third-order valence-corrected chi connectivity index (χ3v) is 6.44. The summed E-state index contributed by atoms with van der Waals surface area (Å²) in [6, 6.07) is 17.7. The summed E-state index contributed by atoms with van der Waals surface area (Å²) in [7, 11) is 0.